The first-order valence-corrected chi connectivity index (χ1v) is 8.37. The molecular formula is C18H19ClN2O4. The molecule has 1 aliphatic rings. The third kappa shape index (κ3) is 4.54. The molecular weight excluding hydrogens is 344 g/mol. The normalized spacial score (nSPS) is 13.0. The molecule has 2 heterocycles. The number of halogens is 1. The first kappa shape index (κ1) is 17.4. The van der Waals surface area contributed by atoms with Crippen molar-refractivity contribution in [3.8, 4) is 17.4 Å². The van der Waals surface area contributed by atoms with Crippen molar-refractivity contribution in [2.75, 3.05) is 20.3 Å². The molecule has 2 aromatic rings. The van der Waals surface area contributed by atoms with Crippen molar-refractivity contribution in [1.82, 2.24) is 10.3 Å². The minimum absolute atomic E-state index is 0.110. The Labute approximate surface area is 151 Å². The topological polar surface area (TPSA) is 69.7 Å². The number of nitrogens with zero attached hydrogens (tertiary/aromatic N) is 1. The van der Waals surface area contributed by atoms with Gasteiger partial charge >= 0.3 is 0 Å². The summed E-state index contributed by atoms with van der Waals surface area (Å²) in [5.41, 5.74) is 1.67. The molecule has 0 saturated heterocycles. The molecule has 0 radical (unpaired) electrons. The maximum Gasteiger partial charge on any atom is 0.224 e. The number of fused-ring (bicyclic) bond motifs is 1. The van der Waals surface area contributed by atoms with Crippen LogP contribution < -0.4 is 19.5 Å². The number of methoxy groups -OCH3 is 1. The number of hydrogen-bond acceptors (Lipinski definition) is 5. The zero-order chi connectivity index (χ0) is 17.6. The lowest BCUT2D eigenvalue weighted by molar-refractivity contribution is -0.120. The summed E-state index contributed by atoms with van der Waals surface area (Å²) >= 11 is 6.25. The van der Waals surface area contributed by atoms with Gasteiger partial charge in [-0.1, -0.05) is 17.7 Å². The second-order valence-corrected chi connectivity index (χ2v) is 6.02. The number of pyridine rings is 1. The number of aromatic nitrogens is 1. The highest BCUT2D eigenvalue weighted by Gasteiger charge is 2.16. The quantitative estimate of drug-likeness (QED) is 0.885. The number of amides is 1. The van der Waals surface area contributed by atoms with Gasteiger partial charge in [-0.3, -0.25) is 4.79 Å². The van der Waals surface area contributed by atoms with Crippen molar-refractivity contribution >= 4 is 17.5 Å². The molecule has 6 nitrogen and oxygen atoms in total. The van der Waals surface area contributed by atoms with Gasteiger partial charge in [0, 0.05) is 25.2 Å². The van der Waals surface area contributed by atoms with E-state index in [9.17, 15) is 4.79 Å². The molecule has 1 aliphatic heterocycles. The summed E-state index contributed by atoms with van der Waals surface area (Å²) in [5, 5.41) is 3.32. The lowest BCUT2D eigenvalue weighted by atomic mass is 10.1. The lowest BCUT2D eigenvalue weighted by Crippen LogP contribution is -2.24. The predicted molar refractivity (Wildman–Crippen MR) is 93.4 cm³/mol. The van der Waals surface area contributed by atoms with E-state index < -0.39 is 0 Å². The molecule has 0 aliphatic carbocycles. The molecule has 0 unspecified atom stereocenters. The van der Waals surface area contributed by atoms with Crippen LogP contribution in [0.25, 0.3) is 0 Å². The predicted octanol–water partition coefficient (Wildman–Crippen LogP) is 2.76. The summed E-state index contributed by atoms with van der Waals surface area (Å²) in [7, 11) is 1.56. The number of benzene rings is 1. The Balaban J connectivity index is 1.60. The minimum Gasteiger partial charge on any atom is -0.489 e. The summed E-state index contributed by atoms with van der Waals surface area (Å²) < 4.78 is 16.2. The van der Waals surface area contributed by atoms with Crippen molar-refractivity contribution in [3.63, 3.8) is 0 Å². The van der Waals surface area contributed by atoms with Crippen LogP contribution >= 0.6 is 11.6 Å². The van der Waals surface area contributed by atoms with Gasteiger partial charge in [0.25, 0.3) is 0 Å². The molecule has 0 spiro atoms. The first-order valence-electron chi connectivity index (χ1n) is 7.99. The number of nitrogens with one attached hydrogen (secondary N) is 1. The second-order valence-electron chi connectivity index (χ2n) is 5.62. The van der Waals surface area contributed by atoms with Gasteiger partial charge in [-0.15, -0.1) is 0 Å². The van der Waals surface area contributed by atoms with Gasteiger partial charge in [0.05, 0.1) is 31.8 Å². The highest BCUT2D eigenvalue weighted by Crippen LogP contribution is 2.38. The van der Waals surface area contributed by atoms with Crippen LogP contribution in [-0.2, 0) is 17.8 Å². The van der Waals surface area contributed by atoms with Gasteiger partial charge in [0.1, 0.15) is 0 Å². The van der Waals surface area contributed by atoms with E-state index in [2.05, 4.69) is 10.3 Å². The molecule has 132 valence electrons. The Hall–Kier alpha value is -2.47. The summed E-state index contributed by atoms with van der Waals surface area (Å²) in [6.45, 7) is 1.54. The van der Waals surface area contributed by atoms with E-state index in [4.69, 9.17) is 25.8 Å². The number of hydrogen-bond donors (Lipinski definition) is 1. The molecule has 7 heteroatoms. The van der Waals surface area contributed by atoms with Crippen LogP contribution in [0.2, 0.25) is 5.02 Å². The SMILES string of the molecule is COc1ccc(CNC(=O)Cc2cc(Cl)c3c(c2)OCCCO3)cn1. The van der Waals surface area contributed by atoms with Gasteiger partial charge in [0.2, 0.25) is 11.8 Å². The summed E-state index contributed by atoms with van der Waals surface area (Å²) in [6, 6.07) is 7.16. The Morgan fingerprint density at radius 2 is 2.12 bits per heavy atom. The molecule has 1 aromatic carbocycles. The van der Waals surface area contributed by atoms with E-state index in [1.807, 2.05) is 6.07 Å². The van der Waals surface area contributed by atoms with Crippen molar-refractivity contribution in [2.45, 2.75) is 19.4 Å². The van der Waals surface area contributed by atoms with E-state index in [0.29, 0.717) is 42.2 Å². The smallest absolute Gasteiger partial charge is 0.224 e. The molecule has 0 saturated carbocycles. The Morgan fingerprint density at radius 1 is 1.28 bits per heavy atom. The van der Waals surface area contributed by atoms with Gasteiger partial charge in [0.15, 0.2) is 11.5 Å². The molecule has 1 aromatic heterocycles. The number of ether oxygens (including phenoxy) is 3. The molecule has 0 atom stereocenters. The van der Waals surface area contributed by atoms with Crippen LogP contribution in [0, 0.1) is 0 Å². The molecule has 25 heavy (non-hydrogen) atoms. The van der Waals surface area contributed by atoms with Crippen LogP contribution in [0.15, 0.2) is 30.5 Å². The van der Waals surface area contributed by atoms with E-state index in [1.54, 1.807) is 31.5 Å². The van der Waals surface area contributed by atoms with E-state index in [0.717, 1.165) is 17.5 Å². The zero-order valence-electron chi connectivity index (χ0n) is 13.9. The fourth-order valence-electron chi connectivity index (χ4n) is 2.47. The molecule has 1 N–H and O–H groups in total. The van der Waals surface area contributed by atoms with Crippen molar-refractivity contribution in [2.24, 2.45) is 0 Å². The molecule has 0 fully saturated rings. The molecule has 3 rings (SSSR count). The number of carbonyl (C=O) groups excluding carboxylic acids is 1. The summed E-state index contributed by atoms with van der Waals surface area (Å²) in [4.78, 5) is 16.3. The third-order valence-corrected chi connectivity index (χ3v) is 4.00. The van der Waals surface area contributed by atoms with Gasteiger partial charge in [-0.05, 0) is 23.3 Å². The standard InChI is InChI=1S/C18H19ClN2O4/c1-23-17-4-3-12(11-21-17)10-20-16(22)9-13-7-14(19)18-15(8-13)24-5-2-6-25-18/h3-4,7-8,11H,2,5-6,9-10H2,1H3,(H,20,22). The van der Waals surface area contributed by atoms with Gasteiger partial charge in [-0.25, -0.2) is 4.98 Å². The Bertz CT molecular complexity index is 749. The average Bonchev–Trinajstić information content (AvgIpc) is 2.86. The Kier molecular flexibility index (Phi) is 5.60. The fraction of sp³-hybridized carbons (Fsp3) is 0.333. The highest BCUT2D eigenvalue weighted by molar-refractivity contribution is 6.32. The summed E-state index contributed by atoms with van der Waals surface area (Å²) in [6.07, 6.45) is 2.68. The maximum atomic E-state index is 12.2. The van der Waals surface area contributed by atoms with E-state index >= 15 is 0 Å². The van der Waals surface area contributed by atoms with Crippen molar-refractivity contribution in [1.29, 1.82) is 0 Å². The number of carbonyl (C=O) groups is 1. The minimum atomic E-state index is -0.110. The summed E-state index contributed by atoms with van der Waals surface area (Å²) in [5.74, 6) is 1.57. The van der Waals surface area contributed by atoms with Crippen LogP contribution in [0.3, 0.4) is 0 Å². The lowest BCUT2D eigenvalue weighted by Gasteiger charge is -2.12. The van der Waals surface area contributed by atoms with E-state index in [-0.39, 0.29) is 12.3 Å². The number of rotatable bonds is 5. The second kappa shape index (κ2) is 8.07. The maximum absolute atomic E-state index is 12.2. The zero-order valence-corrected chi connectivity index (χ0v) is 14.6. The molecule has 0 bridgehead atoms. The van der Waals surface area contributed by atoms with Crippen LogP contribution in [0.5, 0.6) is 17.4 Å². The third-order valence-electron chi connectivity index (χ3n) is 3.72. The largest absolute Gasteiger partial charge is 0.489 e. The monoisotopic (exact) mass is 362 g/mol. The highest BCUT2D eigenvalue weighted by atomic mass is 35.5. The van der Waals surface area contributed by atoms with Gasteiger partial charge < -0.3 is 19.5 Å². The Morgan fingerprint density at radius 3 is 2.88 bits per heavy atom. The van der Waals surface area contributed by atoms with Crippen molar-refractivity contribution in [3.05, 3.63) is 46.6 Å². The fourth-order valence-corrected chi connectivity index (χ4v) is 2.76. The van der Waals surface area contributed by atoms with E-state index in [1.165, 1.54) is 0 Å². The first-order chi connectivity index (χ1) is 12.2. The van der Waals surface area contributed by atoms with Gasteiger partial charge in [-0.2, -0.15) is 0 Å². The average molecular weight is 363 g/mol. The van der Waals surface area contributed by atoms with Crippen LogP contribution in [-0.4, -0.2) is 31.2 Å². The van der Waals surface area contributed by atoms with Crippen LogP contribution in [0.1, 0.15) is 17.5 Å². The molecule has 1 amide bonds. The van der Waals surface area contributed by atoms with Crippen LogP contribution in [0.4, 0.5) is 0 Å². The van der Waals surface area contributed by atoms with Crippen molar-refractivity contribution < 1.29 is 19.0 Å².